The summed E-state index contributed by atoms with van der Waals surface area (Å²) in [5, 5.41) is 0. The van der Waals surface area contributed by atoms with Gasteiger partial charge < -0.3 is 11.5 Å². The van der Waals surface area contributed by atoms with Crippen LogP contribution in [0.5, 0.6) is 0 Å². The van der Waals surface area contributed by atoms with Crippen LogP contribution in [0, 0.1) is 13.8 Å². The Kier molecular flexibility index (Phi) is 4.62. The van der Waals surface area contributed by atoms with Gasteiger partial charge >= 0.3 is 0 Å². The van der Waals surface area contributed by atoms with Gasteiger partial charge in [-0.05, 0) is 60.4 Å². The molecule has 0 saturated carbocycles. The largest absolute Gasteiger partial charge is 0.398 e. The number of aryl methyl sites for hydroxylation is 2. The van der Waals surface area contributed by atoms with Gasteiger partial charge in [-0.15, -0.1) is 0 Å². The Bertz CT molecular complexity index is 1040. The Balaban J connectivity index is 1.96. The van der Waals surface area contributed by atoms with Gasteiger partial charge in [0.15, 0.2) is 0 Å². The van der Waals surface area contributed by atoms with Crippen LogP contribution in [0.25, 0.3) is 33.4 Å². The van der Waals surface area contributed by atoms with Crippen LogP contribution >= 0.6 is 0 Å². The van der Waals surface area contributed by atoms with Crippen molar-refractivity contribution in [3.63, 3.8) is 0 Å². The van der Waals surface area contributed by atoms with Crippen molar-refractivity contribution in [1.29, 1.82) is 0 Å². The third-order valence-corrected chi connectivity index (χ3v) is 5.11. The molecule has 0 fully saturated rings. The van der Waals surface area contributed by atoms with Crippen molar-refractivity contribution in [3.8, 4) is 33.4 Å². The molecule has 0 spiro atoms. The number of nitrogens with two attached hydrogens (primary N) is 2. The van der Waals surface area contributed by atoms with E-state index in [4.69, 9.17) is 11.5 Å². The van der Waals surface area contributed by atoms with Crippen molar-refractivity contribution in [1.82, 2.24) is 0 Å². The van der Waals surface area contributed by atoms with Gasteiger partial charge in [0.2, 0.25) is 0 Å². The van der Waals surface area contributed by atoms with E-state index in [1.54, 1.807) is 0 Å². The maximum absolute atomic E-state index is 6.67. The summed E-state index contributed by atoms with van der Waals surface area (Å²) in [4.78, 5) is 0. The first-order valence-electron chi connectivity index (χ1n) is 9.46. The Labute approximate surface area is 166 Å². The van der Waals surface area contributed by atoms with Crippen molar-refractivity contribution in [2.24, 2.45) is 0 Å². The predicted octanol–water partition coefficient (Wildman–Crippen LogP) is 6.47. The van der Waals surface area contributed by atoms with Crippen molar-refractivity contribution in [2.75, 3.05) is 11.5 Å². The molecule has 4 N–H and O–H groups in total. The van der Waals surface area contributed by atoms with Gasteiger partial charge in [0, 0.05) is 33.6 Å². The minimum absolute atomic E-state index is 0.758. The van der Waals surface area contributed by atoms with E-state index in [9.17, 15) is 0 Å². The fourth-order valence-electron chi connectivity index (χ4n) is 3.75. The minimum atomic E-state index is 0.758. The van der Waals surface area contributed by atoms with Crippen molar-refractivity contribution in [3.05, 3.63) is 96.1 Å². The van der Waals surface area contributed by atoms with Crippen LogP contribution in [0.15, 0.2) is 84.9 Å². The third-order valence-electron chi connectivity index (χ3n) is 5.11. The van der Waals surface area contributed by atoms with Crippen LogP contribution in [0.2, 0.25) is 0 Å². The van der Waals surface area contributed by atoms with Crippen LogP contribution in [0.4, 0.5) is 11.4 Å². The average Bonchev–Trinajstić information content (AvgIpc) is 2.72. The molecule has 2 nitrogen and oxygen atoms in total. The molecule has 0 unspecified atom stereocenters. The van der Waals surface area contributed by atoms with Gasteiger partial charge in [0.1, 0.15) is 0 Å². The molecule has 0 saturated heterocycles. The fourth-order valence-corrected chi connectivity index (χ4v) is 3.75. The van der Waals surface area contributed by atoms with Gasteiger partial charge in [-0.2, -0.15) is 0 Å². The highest BCUT2D eigenvalue weighted by Crippen LogP contribution is 2.42. The zero-order valence-electron chi connectivity index (χ0n) is 16.2. The summed E-state index contributed by atoms with van der Waals surface area (Å²) < 4.78 is 0. The summed E-state index contributed by atoms with van der Waals surface area (Å²) in [5.41, 5.74) is 23.4. The monoisotopic (exact) mass is 364 g/mol. The molecule has 138 valence electrons. The third kappa shape index (κ3) is 3.25. The molecule has 0 aliphatic carbocycles. The molecule has 0 aliphatic heterocycles. The van der Waals surface area contributed by atoms with Crippen LogP contribution in [-0.2, 0) is 0 Å². The van der Waals surface area contributed by atoms with Crippen molar-refractivity contribution >= 4 is 11.4 Å². The lowest BCUT2D eigenvalue weighted by molar-refractivity contribution is 1.43. The van der Waals surface area contributed by atoms with Gasteiger partial charge in [0.05, 0.1) is 0 Å². The molecular formula is C26H24N2. The smallest absolute Gasteiger partial charge is 0.0474 e. The Morgan fingerprint density at radius 2 is 0.786 bits per heavy atom. The number of nitrogen functional groups attached to an aromatic ring is 2. The Hall–Kier alpha value is -3.52. The van der Waals surface area contributed by atoms with Crippen LogP contribution < -0.4 is 11.5 Å². The number of hydrogen-bond donors (Lipinski definition) is 2. The second kappa shape index (κ2) is 7.24. The van der Waals surface area contributed by atoms with E-state index in [1.165, 1.54) is 0 Å². The van der Waals surface area contributed by atoms with Crippen LogP contribution in [0.3, 0.4) is 0 Å². The molecule has 0 radical (unpaired) electrons. The van der Waals surface area contributed by atoms with Gasteiger partial charge in [-0.3, -0.25) is 0 Å². The van der Waals surface area contributed by atoms with E-state index in [0.29, 0.717) is 0 Å². The maximum atomic E-state index is 6.67. The van der Waals surface area contributed by atoms with E-state index >= 15 is 0 Å². The highest BCUT2D eigenvalue weighted by Gasteiger charge is 2.16. The quantitative estimate of drug-likeness (QED) is 0.409. The van der Waals surface area contributed by atoms with E-state index in [1.807, 2.05) is 36.4 Å². The zero-order chi connectivity index (χ0) is 19.7. The van der Waals surface area contributed by atoms with Gasteiger partial charge in [0.25, 0.3) is 0 Å². The second-order valence-corrected chi connectivity index (χ2v) is 7.28. The molecular weight excluding hydrogens is 340 g/mol. The normalized spacial score (nSPS) is 10.8. The predicted molar refractivity (Wildman–Crippen MR) is 121 cm³/mol. The first-order chi connectivity index (χ1) is 13.5. The molecule has 4 rings (SSSR count). The van der Waals surface area contributed by atoms with Gasteiger partial charge in [-0.1, -0.05) is 60.7 Å². The molecule has 0 heterocycles. The highest BCUT2D eigenvalue weighted by atomic mass is 14.6. The molecule has 0 atom stereocenters. The molecule has 0 aromatic heterocycles. The number of benzene rings is 4. The van der Waals surface area contributed by atoms with E-state index in [2.05, 4.69) is 62.4 Å². The first kappa shape index (κ1) is 17.9. The zero-order valence-corrected chi connectivity index (χ0v) is 16.2. The summed E-state index contributed by atoms with van der Waals surface area (Å²) in [7, 11) is 0. The number of hydrogen-bond acceptors (Lipinski definition) is 2. The Morgan fingerprint density at radius 1 is 0.464 bits per heavy atom. The van der Waals surface area contributed by atoms with E-state index in [0.717, 1.165) is 55.9 Å². The van der Waals surface area contributed by atoms with Gasteiger partial charge in [-0.25, -0.2) is 0 Å². The first-order valence-corrected chi connectivity index (χ1v) is 9.46. The topological polar surface area (TPSA) is 52.0 Å². The summed E-state index contributed by atoms with van der Waals surface area (Å²) in [6.07, 6.45) is 0. The molecule has 4 aromatic rings. The van der Waals surface area contributed by atoms with Crippen molar-refractivity contribution < 1.29 is 0 Å². The SMILES string of the molecule is Cc1cc(-c2ccccc2)c(N)c(-c2cc(C)cc(-c3ccccc3)c2N)c1. The molecule has 4 aromatic carbocycles. The summed E-state index contributed by atoms with van der Waals surface area (Å²) in [6, 6.07) is 29.0. The average molecular weight is 364 g/mol. The molecule has 0 amide bonds. The lowest BCUT2D eigenvalue weighted by Crippen LogP contribution is -2.00. The van der Waals surface area contributed by atoms with E-state index < -0.39 is 0 Å². The van der Waals surface area contributed by atoms with E-state index in [-0.39, 0.29) is 0 Å². The summed E-state index contributed by atoms with van der Waals surface area (Å²) in [6.45, 7) is 4.19. The van der Waals surface area contributed by atoms with Crippen molar-refractivity contribution in [2.45, 2.75) is 13.8 Å². The molecule has 0 aliphatic rings. The number of anilines is 2. The lowest BCUT2D eigenvalue weighted by atomic mass is 9.90. The minimum Gasteiger partial charge on any atom is -0.398 e. The number of rotatable bonds is 3. The second-order valence-electron chi connectivity index (χ2n) is 7.28. The standard InChI is InChI=1S/C26H24N2/c1-17-13-21(19-9-5-3-6-10-19)25(27)23(15-17)24-16-18(2)14-22(26(24)28)20-11-7-4-8-12-20/h3-16H,27-28H2,1-2H3. The highest BCUT2D eigenvalue weighted by molar-refractivity contribution is 5.97. The van der Waals surface area contributed by atoms with Crippen LogP contribution in [-0.4, -0.2) is 0 Å². The summed E-state index contributed by atoms with van der Waals surface area (Å²) >= 11 is 0. The lowest BCUT2D eigenvalue weighted by Gasteiger charge is -2.18. The molecule has 0 bridgehead atoms. The Morgan fingerprint density at radius 3 is 1.14 bits per heavy atom. The summed E-state index contributed by atoms with van der Waals surface area (Å²) in [5.74, 6) is 0. The molecule has 28 heavy (non-hydrogen) atoms. The fraction of sp³-hybridized carbons (Fsp3) is 0.0769. The van der Waals surface area contributed by atoms with Crippen LogP contribution in [0.1, 0.15) is 11.1 Å². The maximum Gasteiger partial charge on any atom is 0.0474 e. The molecule has 2 heteroatoms.